The molecule has 1 amide bonds. The van der Waals surface area contributed by atoms with Crippen molar-refractivity contribution in [3.05, 3.63) is 47.5 Å². The highest BCUT2D eigenvalue weighted by Crippen LogP contribution is 2.41. The van der Waals surface area contributed by atoms with Crippen LogP contribution in [0.1, 0.15) is 85.7 Å². The molecule has 2 fully saturated rings. The van der Waals surface area contributed by atoms with E-state index in [1.165, 1.54) is 29.2 Å². The van der Waals surface area contributed by atoms with Crippen molar-refractivity contribution in [3.63, 3.8) is 0 Å². The van der Waals surface area contributed by atoms with E-state index in [-0.39, 0.29) is 39.9 Å². The van der Waals surface area contributed by atoms with Crippen molar-refractivity contribution in [1.82, 2.24) is 24.4 Å². The van der Waals surface area contributed by atoms with Gasteiger partial charge >= 0.3 is 12.1 Å². The van der Waals surface area contributed by atoms with Crippen LogP contribution in [0.3, 0.4) is 0 Å². The van der Waals surface area contributed by atoms with Gasteiger partial charge in [0.15, 0.2) is 17.5 Å². The number of likely N-dealkylation sites (tertiary alicyclic amines) is 1. The number of piperidine rings is 1. The van der Waals surface area contributed by atoms with Crippen LogP contribution in [0.5, 0.6) is 0 Å². The molecule has 0 radical (unpaired) electrons. The van der Waals surface area contributed by atoms with Gasteiger partial charge in [0, 0.05) is 19.1 Å². The van der Waals surface area contributed by atoms with Crippen LogP contribution in [-0.4, -0.2) is 66.7 Å². The second-order valence-corrected chi connectivity index (χ2v) is 11.7. The Morgan fingerprint density at radius 2 is 1.80 bits per heavy atom. The summed E-state index contributed by atoms with van der Waals surface area (Å²) in [4.78, 5) is 39.8. The van der Waals surface area contributed by atoms with Gasteiger partial charge in [0.1, 0.15) is 5.52 Å². The Morgan fingerprint density at radius 3 is 2.38 bits per heavy atom. The Bertz CT molecular complexity index is 1420. The molecule has 1 aliphatic heterocycles. The Morgan fingerprint density at radius 1 is 1.10 bits per heavy atom. The number of hydrogen-bond donors (Lipinski definition) is 2. The molecule has 214 valence electrons. The monoisotopic (exact) mass is 558 g/mol. The standard InChI is InChI=1S/C28H33F3N6O3/c1-16(17-11-7-12-17)32-21-19-22(34-23(33-21)26(39)40)35-24(25(38)36-14-8-13-27(2,3)15-36)37(19)20(28(29,30)31)18-9-5-4-6-10-18/h4-6,9-10,16-17,20H,7-8,11-15H2,1-3H3,(H,39,40)(H,32,33,34). The lowest BCUT2D eigenvalue weighted by molar-refractivity contribution is -0.156. The first-order valence-corrected chi connectivity index (χ1v) is 13.6. The van der Waals surface area contributed by atoms with E-state index < -0.39 is 35.7 Å². The number of carboxylic acids is 1. The number of amides is 1. The van der Waals surface area contributed by atoms with E-state index in [9.17, 15) is 27.9 Å². The van der Waals surface area contributed by atoms with Crippen LogP contribution in [0.15, 0.2) is 30.3 Å². The lowest BCUT2D eigenvalue weighted by Crippen LogP contribution is -2.45. The second-order valence-electron chi connectivity index (χ2n) is 11.7. The molecule has 2 atom stereocenters. The van der Waals surface area contributed by atoms with Crippen molar-refractivity contribution >= 4 is 28.9 Å². The van der Waals surface area contributed by atoms with Crippen molar-refractivity contribution in [2.24, 2.45) is 11.3 Å². The maximum atomic E-state index is 15.0. The van der Waals surface area contributed by atoms with Crippen LogP contribution in [0, 0.1) is 11.3 Å². The highest BCUT2D eigenvalue weighted by atomic mass is 19.4. The van der Waals surface area contributed by atoms with Crippen molar-refractivity contribution in [1.29, 1.82) is 0 Å². The summed E-state index contributed by atoms with van der Waals surface area (Å²) in [5.41, 5.74) is -0.737. The molecule has 2 unspecified atom stereocenters. The molecular formula is C28H33F3N6O3. The average Bonchev–Trinajstić information content (AvgIpc) is 3.21. The summed E-state index contributed by atoms with van der Waals surface area (Å²) in [6, 6.07) is 4.82. The number of anilines is 1. The third-order valence-corrected chi connectivity index (χ3v) is 8.02. The molecule has 40 heavy (non-hydrogen) atoms. The zero-order valence-corrected chi connectivity index (χ0v) is 22.7. The summed E-state index contributed by atoms with van der Waals surface area (Å²) in [6.45, 7) is 6.63. The summed E-state index contributed by atoms with van der Waals surface area (Å²) in [7, 11) is 0. The fourth-order valence-corrected chi connectivity index (χ4v) is 5.73. The highest BCUT2D eigenvalue weighted by molar-refractivity contribution is 5.98. The SMILES string of the molecule is CC(Nc1nc(C(=O)O)nc2nc(C(=O)N3CCCC(C)(C)C3)n(C(c3ccccc3)C(F)(F)F)c12)C1CCC1. The number of aromatic nitrogens is 4. The van der Waals surface area contributed by atoms with Crippen LogP contribution >= 0.6 is 0 Å². The van der Waals surface area contributed by atoms with Crippen LogP contribution < -0.4 is 5.32 Å². The molecule has 1 saturated heterocycles. The van der Waals surface area contributed by atoms with Crippen LogP contribution in [0.2, 0.25) is 0 Å². The first kappa shape index (κ1) is 27.9. The van der Waals surface area contributed by atoms with E-state index in [0.717, 1.165) is 30.3 Å². The first-order chi connectivity index (χ1) is 18.9. The number of nitrogens with one attached hydrogen (secondary N) is 1. The zero-order chi connectivity index (χ0) is 28.8. The molecule has 2 N–H and O–H groups in total. The van der Waals surface area contributed by atoms with Crippen molar-refractivity contribution in [2.75, 3.05) is 18.4 Å². The number of imidazole rings is 1. The van der Waals surface area contributed by atoms with Crippen LogP contribution in [0.25, 0.3) is 11.2 Å². The summed E-state index contributed by atoms with van der Waals surface area (Å²) in [5, 5.41) is 12.8. The van der Waals surface area contributed by atoms with Gasteiger partial charge in [-0.05, 0) is 49.5 Å². The van der Waals surface area contributed by atoms with Gasteiger partial charge in [0.2, 0.25) is 11.6 Å². The molecular weight excluding hydrogens is 525 g/mol. The summed E-state index contributed by atoms with van der Waals surface area (Å²) in [5.74, 6) is -2.99. The van der Waals surface area contributed by atoms with Crippen LogP contribution in [0.4, 0.5) is 19.0 Å². The Balaban J connectivity index is 1.77. The third kappa shape index (κ3) is 5.35. The number of halogens is 3. The molecule has 1 aromatic carbocycles. The number of alkyl halides is 3. The number of nitrogens with zero attached hydrogens (tertiary/aromatic N) is 5. The van der Waals surface area contributed by atoms with Gasteiger partial charge in [0.25, 0.3) is 5.91 Å². The fourth-order valence-electron chi connectivity index (χ4n) is 5.73. The molecule has 9 nitrogen and oxygen atoms in total. The number of aromatic carboxylic acids is 1. The predicted octanol–water partition coefficient (Wildman–Crippen LogP) is 5.54. The molecule has 5 rings (SSSR count). The average molecular weight is 559 g/mol. The summed E-state index contributed by atoms with van der Waals surface area (Å²) < 4.78 is 45.8. The minimum atomic E-state index is -4.83. The van der Waals surface area contributed by atoms with E-state index in [0.29, 0.717) is 19.5 Å². The third-order valence-electron chi connectivity index (χ3n) is 8.02. The van der Waals surface area contributed by atoms with Crippen molar-refractivity contribution in [2.45, 2.75) is 71.1 Å². The Hall–Kier alpha value is -3.70. The first-order valence-electron chi connectivity index (χ1n) is 13.6. The lowest BCUT2D eigenvalue weighted by atomic mass is 9.80. The number of rotatable bonds is 7. The van der Waals surface area contributed by atoms with Crippen molar-refractivity contribution < 1.29 is 27.9 Å². The molecule has 0 bridgehead atoms. The minimum Gasteiger partial charge on any atom is -0.475 e. The predicted molar refractivity (Wildman–Crippen MR) is 142 cm³/mol. The Labute approximate surface area is 229 Å². The quantitative estimate of drug-likeness (QED) is 0.392. The number of hydrogen-bond acceptors (Lipinski definition) is 6. The second kappa shape index (κ2) is 10.4. The highest BCUT2D eigenvalue weighted by Gasteiger charge is 2.46. The van der Waals surface area contributed by atoms with E-state index in [1.807, 2.05) is 20.8 Å². The topological polar surface area (TPSA) is 113 Å². The van der Waals surface area contributed by atoms with E-state index >= 15 is 0 Å². The number of carboxylic acid groups (broad SMARTS) is 1. The summed E-state index contributed by atoms with van der Waals surface area (Å²) >= 11 is 0. The number of carbonyl (C=O) groups excluding carboxylic acids is 1. The van der Waals surface area contributed by atoms with E-state index in [4.69, 9.17) is 0 Å². The van der Waals surface area contributed by atoms with Crippen LogP contribution in [-0.2, 0) is 0 Å². The van der Waals surface area contributed by atoms with E-state index in [1.54, 1.807) is 6.07 Å². The normalized spacial score (nSPS) is 19.2. The van der Waals surface area contributed by atoms with Gasteiger partial charge in [-0.3, -0.25) is 9.36 Å². The maximum absolute atomic E-state index is 15.0. The molecule has 12 heteroatoms. The van der Waals surface area contributed by atoms with E-state index in [2.05, 4.69) is 20.3 Å². The Kier molecular flexibility index (Phi) is 7.22. The fraction of sp³-hybridized carbons (Fsp3) is 0.536. The van der Waals surface area contributed by atoms with Gasteiger partial charge in [-0.2, -0.15) is 13.2 Å². The minimum absolute atomic E-state index is 0.0856. The maximum Gasteiger partial charge on any atom is 0.413 e. The van der Waals surface area contributed by atoms with Gasteiger partial charge in [-0.1, -0.05) is 50.6 Å². The van der Waals surface area contributed by atoms with Gasteiger partial charge in [0.05, 0.1) is 0 Å². The zero-order valence-electron chi connectivity index (χ0n) is 22.7. The number of fused-ring (bicyclic) bond motifs is 1. The molecule has 2 aromatic heterocycles. The molecule has 2 aliphatic rings. The van der Waals surface area contributed by atoms with Crippen molar-refractivity contribution in [3.8, 4) is 0 Å². The molecule has 3 aromatic rings. The number of benzene rings is 1. The molecule has 3 heterocycles. The largest absolute Gasteiger partial charge is 0.475 e. The lowest BCUT2D eigenvalue weighted by Gasteiger charge is -2.38. The van der Waals surface area contributed by atoms with Gasteiger partial charge in [-0.15, -0.1) is 0 Å². The molecule has 1 aliphatic carbocycles. The van der Waals surface area contributed by atoms with Gasteiger partial charge < -0.3 is 15.3 Å². The summed E-state index contributed by atoms with van der Waals surface area (Å²) in [6.07, 6.45) is -0.317. The van der Waals surface area contributed by atoms with Gasteiger partial charge in [-0.25, -0.2) is 19.7 Å². The smallest absolute Gasteiger partial charge is 0.413 e. The molecule has 1 saturated carbocycles. The molecule has 0 spiro atoms. The number of carbonyl (C=O) groups is 2.